The number of carbonyl (C=O) groups excluding carboxylic acids is 2. The summed E-state index contributed by atoms with van der Waals surface area (Å²) in [5, 5.41) is 5.10. The molecular weight excluding hydrogens is 256 g/mol. The van der Waals surface area contributed by atoms with Crippen molar-refractivity contribution in [3.63, 3.8) is 0 Å². The van der Waals surface area contributed by atoms with E-state index in [2.05, 4.69) is 18.9 Å². The highest BCUT2D eigenvalue weighted by Gasteiger charge is 2.18. The van der Waals surface area contributed by atoms with Gasteiger partial charge in [0.25, 0.3) is 0 Å². The molecule has 2 rings (SSSR count). The topological polar surface area (TPSA) is 61.2 Å². The minimum Gasteiger partial charge on any atom is -0.465 e. The predicted molar refractivity (Wildman–Crippen MR) is 76.0 cm³/mol. The molecule has 0 unspecified atom stereocenters. The summed E-state index contributed by atoms with van der Waals surface area (Å²) in [5.74, 6) is 0.00753. The molecule has 0 radical (unpaired) electrons. The average Bonchev–Trinajstić information content (AvgIpc) is 2.76. The van der Waals surface area contributed by atoms with E-state index in [-0.39, 0.29) is 5.97 Å². The van der Waals surface area contributed by atoms with E-state index in [4.69, 9.17) is 4.74 Å². The van der Waals surface area contributed by atoms with Crippen molar-refractivity contribution in [2.24, 2.45) is 5.92 Å². The molecule has 0 atom stereocenters. The number of rotatable bonds is 4. The van der Waals surface area contributed by atoms with Gasteiger partial charge >= 0.3 is 5.97 Å². The van der Waals surface area contributed by atoms with Crippen molar-refractivity contribution in [3.05, 3.63) is 29.0 Å². The number of carbonyl (C=O) groups is 2. The lowest BCUT2D eigenvalue weighted by Gasteiger charge is -2.10. The molecule has 0 aliphatic carbocycles. The molecule has 5 nitrogen and oxygen atoms in total. The van der Waals surface area contributed by atoms with Crippen LogP contribution >= 0.6 is 0 Å². The zero-order valence-electron chi connectivity index (χ0n) is 12.1. The summed E-state index contributed by atoms with van der Waals surface area (Å²) >= 11 is 0. The first kappa shape index (κ1) is 14.2. The molecule has 0 saturated carbocycles. The van der Waals surface area contributed by atoms with E-state index in [0.29, 0.717) is 23.7 Å². The lowest BCUT2D eigenvalue weighted by atomic mass is 10.0. The van der Waals surface area contributed by atoms with Gasteiger partial charge in [0, 0.05) is 11.9 Å². The summed E-state index contributed by atoms with van der Waals surface area (Å²) in [4.78, 5) is 22.9. The summed E-state index contributed by atoms with van der Waals surface area (Å²) in [6.07, 6.45) is 0.746. The molecule has 1 heterocycles. The van der Waals surface area contributed by atoms with Crippen LogP contribution in [-0.2, 0) is 11.3 Å². The standard InChI is InChI=1S/C15H18N2O3/c1-9(2)7-17-14-10(3)11(15(19)20-4)5-6-12(14)13(8-18)16-17/h5-6,8-9H,7H2,1-4H3. The predicted octanol–water partition coefficient (Wildman–Crippen LogP) is 2.60. The number of aldehydes is 1. The van der Waals surface area contributed by atoms with Gasteiger partial charge in [0.05, 0.1) is 18.2 Å². The Morgan fingerprint density at radius 2 is 2.15 bits per heavy atom. The third kappa shape index (κ3) is 2.31. The van der Waals surface area contributed by atoms with E-state index >= 15 is 0 Å². The second-order valence-corrected chi connectivity index (χ2v) is 5.20. The molecule has 0 N–H and O–H groups in total. The van der Waals surface area contributed by atoms with E-state index in [1.165, 1.54) is 7.11 Å². The van der Waals surface area contributed by atoms with Gasteiger partial charge in [0.2, 0.25) is 0 Å². The maximum absolute atomic E-state index is 11.8. The Kier molecular flexibility index (Phi) is 3.88. The fourth-order valence-corrected chi connectivity index (χ4v) is 2.37. The van der Waals surface area contributed by atoms with Gasteiger partial charge in [-0.25, -0.2) is 4.79 Å². The van der Waals surface area contributed by atoms with Crippen molar-refractivity contribution >= 4 is 23.2 Å². The third-order valence-corrected chi connectivity index (χ3v) is 3.25. The van der Waals surface area contributed by atoms with Crippen LogP contribution in [0.1, 0.15) is 40.3 Å². The Morgan fingerprint density at radius 1 is 1.45 bits per heavy atom. The fourth-order valence-electron chi connectivity index (χ4n) is 2.37. The van der Waals surface area contributed by atoms with E-state index in [9.17, 15) is 9.59 Å². The average molecular weight is 274 g/mol. The van der Waals surface area contributed by atoms with Crippen LogP contribution in [0, 0.1) is 12.8 Å². The maximum atomic E-state index is 11.8. The molecule has 106 valence electrons. The van der Waals surface area contributed by atoms with Gasteiger partial charge in [-0.3, -0.25) is 9.48 Å². The van der Waals surface area contributed by atoms with Crippen LogP contribution < -0.4 is 0 Å². The Morgan fingerprint density at radius 3 is 2.70 bits per heavy atom. The molecule has 0 aliphatic heterocycles. The van der Waals surface area contributed by atoms with E-state index < -0.39 is 0 Å². The van der Waals surface area contributed by atoms with Gasteiger partial charge in [-0.2, -0.15) is 5.10 Å². The first-order valence-electron chi connectivity index (χ1n) is 6.53. The molecular formula is C15H18N2O3. The largest absolute Gasteiger partial charge is 0.465 e. The number of ether oxygens (including phenoxy) is 1. The second-order valence-electron chi connectivity index (χ2n) is 5.20. The highest BCUT2D eigenvalue weighted by atomic mass is 16.5. The third-order valence-electron chi connectivity index (χ3n) is 3.25. The monoisotopic (exact) mass is 274 g/mol. The minimum atomic E-state index is -0.380. The van der Waals surface area contributed by atoms with Crippen LogP contribution in [0.2, 0.25) is 0 Å². The highest BCUT2D eigenvalue weighted by Crippen LogP contribution is 2.25. The van der Waals surface area contributed by atoms with Crippen molar-refractivity contribution in [1.82, 2.24) is 9.78 Å². The van der Waals surface area contributed by atoms with E-state index in [0.717, 1.165) is 22.8 Å². The molecule has 0 saturated heterocycles. The summed E-state index contributed by atoms with van der Waals surface area (Å²) in [7, 11) is 1.36. The molecule has 0 spiro atoms. The van der Waals surface area contributed by atoms with Gasteiger partial charge in [-0.1, -0.05) is 13.8 Å². The molecule has 0 fully saturated rings. The summed E-state index contributed by atoms with van der Waals surface area (Å²) in [6, 6.07) is 3.43. The van der Waals surface area contributed by atoms with Gasteiger partial charge in [-0.15, -0.1) is 0 Å². The lowest BCUT2D eigenvalue weighted by molar-refractivity contribution is 0.0600. The Labute approximate surface area is 117 Å². The van der Waals surface area contributed by atoms with Crippen molar-refractivity contribution in [3.8, 4) is 0 Å². The smallest absolute Gasteiger partial charge is 0.338 e. The van der Waals surface area contributed by atoms with Crippen LogP contribution in [0.5, 0.6) is 0 Å². The lowest BCUT2D eigenvalue weighted by Crippen LogP contribution is -2.09. The molecule has 2 aromatic rings. The van der Waals surface area contributed by atoms with Crippen LogP contribution in [0.25, 0.3) is 10.9 Å². The van der Waals surface area contributed by atoms with Gasteiger partial charge in [0.1, 0.15) is 5.69 Å². The van der Waals surface area contributed by atoms with Crippen molar-refractivity contribution in [1.29, 1.82) is 0 Å². The Balaban J connectivity index is 2.73. The molecule has 1 aromatic carbocycles. The summed E-state index contributed by atoms with van der Waals surface area (Å²) < 4.78 is 6.58. The van der Waals surface area contributed by atoms with Crippen molar-refractivity contribution in [2.75, 3.05) is 7.11 Å². The van der Waals surface area contributed by atoms with E-state index in [1.807, 2.05) is 6.92 Å². The molecule has 0 amide bonds. The number of hydrogen-bond donors (Lipinski definition) is 0. The molecule has 5 heteroatoms. The summed E-state index contributed by atoms with van der Waals surface area (Å²) in [5.41, 5.74) is 2.52. The molecule has 1 aromatic heterocycles. The number of benzene rings is 1. The Bertz CT molecular complexity index is 671. The zero-order chi connectivity index (χ0) is 14.9. The number of methoxy groups -OCH3 is 1. The fraction of sp³-hybridized carbons (Fsp3) is 0.400. The number of aryl methyl sites for hydroxylation is 1. The minimum absolute atomic E-state index is 0.380. The van der Waals surface area contributed by atoms with Gasteiger partial charge in [0.15, 0.2) is 6.29 Å². The second kappa shape index (κ2) is 5.45. The molecule has 0 bridgehead atoms. The van der Waals surface area contributed by atoms with Crippen molar-refractivity contribution < 1.29 is 14.3 Å². The van der Waals surface area contributed by atoms with Gasteiger partial charge in [-0.05, 0) is 30.5 Å². The molecule has 20 heavy (non-hydrogen) atoms. The number of aromatic nitrogens is 2. The van der Waals surface area contributed by atoms with E-state index in [1.54, 1.807) is 16.8 Å². The maximum Gasteiger partial charge on any atom is 0.338 e. The zero-order valence-corrected chi connectivity index (χ0v) is 12.1. The first-order valence-corrected chi connectivity index (χ1v) is 6.53. The van der Waals surface area contributed by atoms with Crippen LogP contribution in [0.4, 0.5) is 0 Å². The van der Waals surface area contributed by atoms with Crippen molar-refractivity contribution in [2.45, 2.75) is 27.3 Å². The SMILES string of the molecule is COC(=O)c1ccc2c(C=O)nn(CC(C)C)c2c1C. The quantitative estimate of drug-likeness (QED) is 0.635. The first-order chi connectivity index (χ1) is 9.49. The number of hydrogen-bond acceptors (Lipinski definition) is 4. The number of esters is 1. The van der Waals surface area contributed by atoms with Crippen LogP contribution in [0.3, 0.4) is 0 Å². The number of nitrogens with zero attached hydrogens (tertiary/aromatic N) is 2. The normalized spacial score (nSPS) is 11.1. The molecule has 0 aliphatic rings. The van der Waals surface area contributed by atoms with Gasteiger partial charge < -0.3 is 4.74 Å². The summed E-state index contributed by atoms with van der Waals surface area (Å²) in [6.45, 7) is 6.69. The highest BCUT2D eigenvalue weighted by molar-refractivity contribution is 6.02. The van der Waals surface area contributed by atoms with Crippen LogP contribution in [-0.4, -0.2) is 29.1 Å². The van der Waals surface area contributed by atoms with Crippen LogP contribution in [0.15, 0.2) is 12.1 Å². The Hall–Kier alpha value is -2.17. The number of fused-ring (bicyclic) bond motifs is 1.